The Balaban J connectivity index is 0.00000155. The van der Waals surface area contributed by atoms with Crippen LogP contribution < -0.4 is 4.74 Å². The third kappa shape index (κ3) is 12.7. The van der Waals surface area contributed by atoms with E-state index in [0.717, 1.165) is 39.7 Å². The van der Waals surface area contributed by atoms with Crippen molar-refractivity contribution in [2.75, 3.05) is 13.2 Å². The number of pyridine rings is 4. The van der Waals surface area contributed by atoms with Crippen LogP contribution in [0.25, 0.3) is 0 Å². The van der Waals surface area contributed by atoms with Gasteiger partial charge < -0.3 is 4.74 Å². The third-order valence-corrected chi connectivity index (χ3v) is 9.21. The second-order valence-electron chi connectivity index (χ2n) is 13.4. The molecule has 6 aromatic rings. The van der Waals surface area contributed by atoms with Crippen molar-refractivity contribution in [2.24, 2.45) is 0 Å². The monoisotopic (exact) mass is 777 g/mol. The normalized spacial score (nSPS) is 11.8. The maximum Gasteiger partial charge on any atom is 0.261 e. The summed E-state index contributed by atoms with van der Waals surface area (Å²) in [4.78, 5) is 50.2. The topological polar surface area (TPSA) is 105 Å². The van der Waals surface area contributed by atoms with Crippen LogP contribution in [0.4, 0.5) is 0 Å². The highest BCUT2D eigenvalue weighted by Crippen LogP contribution is 2.25. The lowest BCUT2D eigenvalue weighted by Crippen LogP contribution is -2.30. The fourth-order valence-electron chi connectivity index (χ4n) is 6.73. The van der Waals surface area contributed by atoms with Crippen LogP contribution in [0.2, 0.25) is 0 Å². The van der Waals surface area contributed by atoms with Crippen LogP contribution in [0.1, 0.15) is 95.2 Å². The molecule has 0 spiro atoms. The first-order valence-electron chi connectivity index (χ1n) is 20.3. The van der Waals surface area contributed by atoms with Gasteiger partial charge in [-0.25, -0.2) is 0 Å². The summed E-state index contributed by atoms with van der Waals surface area (Å²) in [5.74, 6) is 0.320. The quantitative estimate of drug-likeness (QED) is 0.0624. The fourth-order valence-corrected chi connectivity index (χ4v) is 6.73. The Morgan fingerprint density at radius 1 is 0.483 bits per heavy atom. The molecule has 0 unspecified atom stereocenters. The molecular formula is C48H55N7O3. The Labute approximate surface area is 343 Å². The lowest BCUT2D eigenvalue weighted by Gasteiger charge is -2.25. The minimum atomic E-state index is -0.226. The van der Waals surface area contributed by atoms with Gasteiger partial charge >= 0.3 is 0 Å². The van der Waals surface area contributed by atoms with Gasteiger partial charge in [0.1, 0.15) is 5.75 Å². The molecule has 300 valence electrons. The van der Waals surface area contributed by atoms with E-state index in [-0.39, 0.29) is 11.8 Å². The van der Waals surface area contributed by atoms with E-state index >= 15 is 0 Å². The summed E-state index contributed by atoms with van der Waals surface area (Å²) in [7, 11) is 0. The van der Waals surface area contributed by atoms with E-state index < -0.39 is 0 Å². The van der Waals surface area contributed by atoms with Crippen molar-refractivity contribution in [1.82, 2.24) is 34.6 Å². The molecule has 0 saturated heterocycles. The maximum absolute atomic E-state index is 12.9. The van der Waals surface area contributed by atoms with Crippen LogP contribution in [0, 0.1) is 0 Å². The zero-order valence-electron chi connectivity index (χ0n) is 34.2. The number of unbranched alkanes of at least 4 members (excludes halogenated alkanes) is 1. The molecule has 0 N–H and O–H groups in total. The van der Waals surface area contributed by atoms with E-state index in [0.29, 0.717) is 76.4 Å². The summed E-state index contributed by atoms with van der Waals surface area (Å²) < 4.78 is 6.43. The van der Waals surface area contributed by atoms with Crippen LogP contribution in [-0.4, -0.2) is 59.6 Å². The lowest BCUT2D eigenvalue weighted by atomic mass is 10.1. The smallest absolute Gasteiger partial charge is 0.261 e. The van der Waals surface area contributed by atoms with Crippen LogP contribution in [0.15, 0.2) is 140 Å². The van der Waals surface area contributed by atoms with Gasteiger partial charge in [0.25, 0.3) is 11.8 Å². The van der Waals surface area contributed by atoms with Crippen molar-refractivity contribution in [1.29, 1.82) is 0 Å². The second kappa shape index (κ2) is 23.2. The van der Waals surface area contributed by atoms with E-state index in [4.69, 9.17) is 4.74 Å². The maximum atomic E-state index is 12.9. The highest BCUT2D eigenvalue weighted by atomic mass is 16.5. The van der Waals surface area contributed by atoms with E-state index in [2.05, 4.69) is 47.9 Å². The number of rotatable bonds is 18. The molecule has 0 aliphatic carbocycles. The zero-order chi connectivity index (χ0) is 41.0. The summed E-state index contributed by atoms with van der Waals surface area (Å²) >= 11 is 0. The van der Waals surface area contributed by atoms with E-state index in [1.54, 1.807) is 24.3 Å². The molecule has 1 aliphatic heterocycles. The van der Waals surface area contributed by atoms with Crippen molar-refractivity contribution in [3.05, 3.63) is 185 Å². The van der Waals surface area contributed by atoms with Gasteiger partial charge in [-0.05, 0) is 96.8 Å². The minimum absolute atomic E-state index is 0.226. The molecular weight excluding hydrogens is 723 g/mol. The minimum Gasteiger partial charge on any atom is -0.494 e. The van der Waals surface area contributed by atoms with Crippen molar-refractivity contribution in [3.8, 4) is 5.75 Å². The van der Waals surface area contributed by atoms with Crippen molar-refractivity contribution < 1.29 is 14.3 Å². The van der Waals surface area contributed by atoms with Crippen LogP contribution >= 0.6 is 0 Å². The number of imide groups is 1. The number of nitrogens with zero attached hydrogens (tertiary/aromatic N) is 7. The van der Waals surface area contributed by atoms with Gasteiger partial charge in [0.05, 0.1) is 40.5 Å². The van der Waals surface area contributed by atoms with Gasteiger partial charge in [0.15, 0.2) is 0 Å². The molecule has 58 heavy (non-hydrogen) atoms. The summed E-state index contributed by atoms with van der Waals surface area (Å²) in [5, 5.41) is 0. The predicted octanol–water partition coefficient (Wildman–Crippen LogP) is 9.18. The Kier molecular flexibility index (Phi) is 17.2. The molecule has 4 aromatic heterocycles. The van der Waals surface area contributed by atoms with Crippen LogP contribution in [0.3, 0.4) is 0 Å². The molecule has 10 nitrogen and oxygen atoms in total. The first-order valence-corrected chi connectivity index (χ1v) is 20.3. The summed E-state index contributed by atoms with van der Waals surface area (Å²) in [6, 6.07) is 37.4. The Morgan fingerprint density at radius 3 is 1.22 bits per heavy atom. The largest absolute Gasteiger partial charge is 0.494 e. The van der Waals surface area contributed by atoms with Gasteiger partial charge in [0.2, 0.25) is 0 Å². The molecule has 2 amide bonds. The molecule has 0 saturated carbocycles. The van der Waals surface area contributed by atoms with Crippen LogP contribution in [0.5, 0.6) is 5.75 Å². The fraction of sp³-hybridized carbons (Fsp3) is 0.292. The molecule has 1 aliphatic rings. The van der Waals surface area contributed by atoms with Gasteiger partial charge in [0, 0.05) is 70.6 Å². The average Bonchev–Trinajstić information content (AvgIpc) is 3.51. The molecule has 10 heteroatoms. The number of hydrogen-bond donors (Lipinski definition) is 0. The zero-order valence-corrected chi connectivity index (χ0v) is 34.2. The Morgan fingerprint density at radius 2 is 0.862 bits per heavy atom. The van der Waals surface area contributed by atoms with E-state index in [1.807, 2.05) is 125 Å². The first kappa shape index (κ1) is 43.0. The highest BCUT2D eigenvalue weighted by Gasteiger charge is 2.34. The SMILES string of the molecule is CC.CC.O=C1c2ccccc2C(=O)N1CCCCOc1cc(CN(Cc2ccccn2)Cc2ccccn2)cc(CN(Cc2ccccn2)Cc2ccccn2)c1. The lowest BCUT2D eigenvalue weighted by molar-refractivity contribution is 0.0649. The van der Waals surface area contributed by atoms with Gasteiger partial charge in [-0.3, -0.25) is 44.2 Å². The number of hydrogen-bond acceptors (Lipinski definition) is 9. The number of ether oxygens (including phenoxy) is 1. The van der Waals surface area contributed by atoms with Crippen molar-refractivity contribution >= 4 is 11.8 Å². The number of carbonyl (C=O) groups excluding carboxylic acids is 2. The van der Waals surface area contributed by atoms with Gasteiger partial charge in [-0.15, -0.1) is 0 Å². The number of amides is 2. The van der Waals surface area contributed by atoms with Crippen molar-refractivity contribution in [3.63, 3.8) is 0 Å². The number of benzene rings is 2. The number of aromatic nitrogens is 4. The van der Waals surface area contributed by atoms with Crippen molar-refractivity contribution in [2.45, 2.75) is 79.8 Å². The molecule has 0 radical (unpaired) electrons. The van der Waals surface area contributed by atoms with Crippen LogP contribution in [-0.2, 0) is 39.3 Å². The highest BCUT2D eigenvalue weighted by molar-refractivity contribution is 6.21. The van der Waals surface area contributed by atoms with Gasteiger partial charge in [-0.2, -0.15) is 0 Å². The Hall–Kier alpha value is -6.10. The molecule has 2 aromatic carbocycles. The standard InChI is InChI=1S/C44H43N7O3.2C2H6/c52-43-41-17-1-2-18-42(41)44(53)51(43)23-11-12-24-54-40-26-34(28-49(30-36-13-3-7-19-45-36)31-37-14-4-8-20-46-37)25-35(27-40)29-50(32-38-15-5-9-21-47-38)33-39-16-6-10-22-48-39;2*1-2/h1-10,13-22,25-27H,11-12,23-24,28-33H2;2*1-2H3. The Bertz CT molecular complexity index is 1900. The summed E-state index contributed by atoms with van der Waals surface area (Å²) in [6.45, 7) is 12.7. The molecule has 7 rings (SSSR count). The number of fused-ring (bicyclic) bond motifs is 1. The van der Waals surface area contributed by atoms with Gasteiger partial charge in [-0.1, -0.05) is 70.2 Å². The average molecular weight is 778 g/mol. The third-order valence-electron chi connectivity index (χ3n) is 9.21. The first-order chi connectivity index (χ1) is 28.6. The molecule has 0 bridgehead atoms. The van der Waals surface area contributed by atoms with E-state index in [1.165, 1.54) is 4.90 Å². The second-order valence-corrected chi connectivity index (χ2v) is 13.4. The summed E-state index contributed by atoms with van der Waals surface area (Å²) in [6.07, 6.45) is 8.63. The predicted molar refractivity (Wildman–Crippen MR) is 229 cm³/mol. The number of carbonyl (C=O) groups is 2. The molecule has 5 heterocycles. The van der Waals surface area contributed by atoms with E-state index in [9.17, 15) is 9.59 Å². The molecule has 0 fully saturated rings. The molecule has 0 atom stereocenters. The summed E-state index contributed by atoms with van der Waals surface area (Å²) in [5.41, 5.74) is 7.10.